The Morgan fingerprint density at radius 1 is 1.30 bits per heavy atom. The molecule has 1 rings (SSSR count). The van der Waals surface area contributed by atoms with E-state index in [1.54, 1.807) is 0 Å². The van der Waals surface area contributed by atoms with Crippen molar-refractivity contribution in [2.75, 3.05) is 0 Å². The number of hydrogen-bond acceptors (Lipinski definition) is 1. The minimum atomic E-state index is 0.115. The van der Waals surface area contributed by atoms with E-state index in [4.69, 9.17) is 0 Å². The van der Waals surface area contributed by atoms with Crippen LogP contribution in [0.2, 0.25) is 0 Å². The van der Waals surface area contributed by atoms with E-state index in [9.17, 15) is 0 Å². The molecule has 0 heterocycles. The van der Waals surface area contributed by atoms with Gasteiger partial charge in [-0.2, -0.15) is 0 Å². The maximum absolute atomic E-state index is 4.53. The quantitative estimate of drug-likeness (QED) is 0.493. The van der Waals surface area contributed by atoms with Gasteiger partial charge >= 0.3 is 0 Å². The van der Waals surface area contributed by atoms with Gasteiger partial charge in [-0.25, -0.2) is 0 Å². The van der Waals surface area contributed by atoms with E-state index in [-0.39, 0.29) is 11.0 Å². The molecule has 1 aliphatic rings. The SMILES string of the molecule is C=C(C(NC(C)(C)C1C=CCC1)C(C)C)C(C)(C)CC/C=C\C. The molecule has 132 valence electrons. The summed E-state index contributed by atoms with van der Waals surface area (Å²) in [4.78, 5) is 0. The van der Waals surface area contributed by atoms with Gasteiger partial charge in [-0.3, -0.25) is 0 Å². The molecule has 0 fully saturated rings. The Kier molecular flexibility index (Phi) is 7.32. The molecule has 0 aromatic carbocycles. The normalized spacial score (nSPS) is 20.6. The van der Waals surface area contributed by atoms with Gasteiger partial charge in [0, 0.05) is 11.6 Å². The van der Waals surface area contributed by atoms with Crippen LogP contribution in [0.4, 0.5) is 0 Å². The van der Waals surface area contributed by atoms with Crippen molar-refractivity contribution < 1.29 is 0 Å². The van der Waals surface area contributed by atoms with Crippen LogP contribution in [-0.4, -0.2) is 11.6 Å². The highest BCUT2D eigenvalue weighted by molar-refractivity contribution is 5.18. The third-order valence-corrected chi connectivity index (χ3v) is 5.55. The molecule has 0 saturated heterocycles. The van der Waals surface area contributed by atoms with Crippen LogP contribution in [0.3, 0.4) is 0 Å². The van der Waals surface area contributed by atoms with Crippen LogP contribution in [0, 0.1) is 17.3 Å². The van der Waals surface area contributed by atoms with Crippen LogP contribution < -0.4 is 5.32 Å². The molecule has 0 aliphatic heterocycles. The summed E-state index contributed by atoms with van der Waals surface area (Å²) in [7, 11) is 0. The van der Waals surface area contributed by atoms with Crippen molar-refractivity contribution in [3.8, 4) is 0 Å². The van der Waals surface area contributed by atoms with Crippen molar-refractivity contribution in [2.45, 2.75) is 85.7 Å². The first-order valence-corrected chi connectivity index (χ1v) is 9.36. The van der Waals surface area contributed by atoms with Gasteiger partial charge in [-0.05, 0) is 63.7 Å². The Hall–Kier alpha value is -0.820. The number of nitrogens with one attached hydrogen (secondary N) is 1. The molecule has 0 spiro atoms. The molecule has 0 aromatic rings. The predicted octanol–water partition coefficient (Wildman–Crippen LogP) is 6.28. The molecule has 1 nitrogen and oxygen atoms in total. The monoisotopic (exact) mass is 317 g/mol. The number of rotatable bonds is 9. The first kappa shape index (κ1) is 20.2. The molecular weight excluding hydrogens is 278 g/mol. The highest BCUT2D eigenvalue weighted by Crippen LogP contribution is 2.37. The summed E-state index contributed by atoms with van der Waals surface area (Å²) in [5, 5.41) is 3.96. The molecule has 0 aromatic heterocycles. The van der Waals surface area contributed by atoms with Gasteiger partial charge in [-0.1, -0.05) is 64.2 Å². The van der Waals surface area contributed by atoms with Crippen LogP contribution in [-0.2, 0) is 0 Å². The lowest BCUT2D eigenvalue weighted by Crippen LogP contribution is -2.53. The Morgan fingerprint density at radius 2 is 1.96 bits per heavy atom. The Bertz CT molecular complexity index is 437. The van der Waals surface area contributed by atoms with Gasteiger partial charge in [-0.15, -0.1) is 0 Å². The minimum Gasteiger partial charge on any atom is -0.304 e. The summed E-state index contributed by atoms with van der Waals surface area (Å²) >= 11 is 0. The molecule has 1 aliphatic carbocycles. The summed E-state index contributed by atoms with van der Waals surface area (Å²) in [5.74, 6) is 1.18. The first-order valence-electron chi connectivity index (χ1n) is 9.36. The molecule has 0 amide bonds. The van der Waals surface area contributed by atoms with E-state index in [0.29, 0.717) is 17.9 Å². The van der Waals surface area contributed by atoms with Gasteiger partial charge in [0.25, 0.3) is 0 Å². The molecule has 0 radical (unpaired) electrons. The Morgan fingerprint density at radius 3 is 2.43 bits per heavy atom. The van der Waals surface area contributed by atoms with Gasteiger partial charge in [0.1, 0.15) is 0 Å². The fraction of sp³-hybridized carbons (Fsp3) is 0.727. The summed E-state index contributed by atoms with van der Waals surface area (Å²) < 4.78 is 0. The molecule has 0 saturated carbocycles. The van der Waals surface area contributed by atoms with E-state index in [1.807, 2.05) is 0 Å². The first-order chi connectivity index (χ1) is 10.6. The van der Waals surface area contributed by atoms with Crippen molar-refractivity contribution in [3.63, 3.8) is 0 Å². The third kappa shape index (κ3) is 5.64. The van der Waals surface area contributed by atoms with Crippen LogP contribution in [0.25, 0.3) is 0 Å². The van der Waals surface area contributed by atoms with Crippen LogP contribution in [0.1, 0.15) is 74.1 Å². The lowest BCUT2D eigenvalue weighted by Gasteiger charge is -2.42. The van der Waals surface area contributed by atoms with Crippen molar-refractivity contribution >= 4 is 0 Å². The number of hydrogen-bond donors (Lipinski definition) is 1. The molecule has 2 unspecified atom stereocenters. The van der Waals surface area contributed by atoms with E-state index < -0.39 is 0 Å². The largest absolute Gasteiger partial charge is 0.304 e. The fourth-order valence-corrected chi connectivity index (χ4v) is 3.59. The molecule has 0 bridgehead atoms. The average Bonchev–Trinajstić information content (AvgIpc) is 2.99. The zero-order valence-corrected chi connectivity index (χ0v) is 16.6. The lowest BCUT2D eigenvalue weighted by atomic mass is 9.73. The van der Waals surface area contributed by atoms with E-state index in [2.05, 4.69) is 84.7 Å². The van der Waals surface area contributed by atoms with Crippen molar-refractivity contribution in [1.82, 2.24) is 5.32 Å². The lowest BCUT2D eigenvalue weighted by molar-refractivity contribution is 0.226. The summed E-state index contributed by atoms with van der Waals surface area (Å²) in [6.07, 6.45) is 13.9. The molecule has 23 heavy (non-hydrogen) atoms. The second-order valence-corrected chi connectivity index (χ2v) is 8.72. The van der Waals surface area contributed by atoms with Crippen molar-refractivity contribution in [1.29, 1.82) is 0 Å². The van der Waals surface area contributed by atoms with Gasteiger partial charge in [0.05, 0.1) is 0 Å². The summed E-state index contributed by atoms with van der Waals surface area (Å²) in [6, 6.07) is 0.361. The third-order valence-electron chi connectivity index (χ3n) is 5.55. The highest BCUT2D eigenvalue weighted by atomic mass is 15.0. The van der Waals surface area contributed by atoms with Crippen LogP contribution >= 0.6 is 0 Å². The fourth-order valence-electron chi connectivity index (χ4n) is 3.59. The highest BCUT2D eigenvalue weighted by Gasteiger charge is 2.36. The molecule has 1 heteroatoms. The Labute approximate surface area is 145 Å². The van der Waals surface area contributed by atoms with E-state index >= 15 is 0 Å². The van der Waals surface area contributed by atoms with E-state index in [0.717, 1.165) is 12.8 Å². The second kappa shape index (κ2) is 8.33. The minimum absolute atomic E-state index is 0.115. The topological polar surface area (TPSA) is 12.0 Å². The zero-order valence-electron chi connectivity index (χ0n) is 16.6. The van der Waals surface area contributed by atoms with Crippen molar-refractivity contribution in [2.24, 2.45) is 17.3 Å². The van der Waals surface area contributed by atoms with Crippen LogP contribution in [0.5, 0.6) is 0 Å². The second-order valence-electron chi connectivity index (χ2n) is 8.72. The average molecular weight is 318 g/mol. The Balaban J connectivity index is 2.84. The maximum Gasteiger partial charge on any atom is 0.0310 e. The van der Waals surface area contributed by atoms with Gasteiger partial charge in [0.2, 0.25) is 0 Å². The van der Waals surface area contributed by atoms with Gasteiger partial charge in [0.15, 0.2) is 0 Å². The number of allylic oxidation sites excluding steroid dienone is 3. The summed E-state index contributed by atoms with van der Waals surface area (Å²) in [6.45, 7) is 20.6. The smallest absolute Gasteiger partial charge is 0.0310 e. The van der Waals surface area contributed by atoms with Gasteiger partial charge < -0.3 is 5.32 Å². The zero-order chi connectivity index (χ0) is 17.7. The van der Waals surface area contributed by atoms with Crippen molar-refractivity contribution in [3.05, 3.63) is 36.5 Å². The predicted molar refractivity (Wildman–Crippen MR) is 105 cm³/mol. The molecule has 2 atom stereocenters. The maximum atomic E-state index is 4.53. The molecular formula is C22H39N. The van der Waals surface area contributed by atoms with Crippen LogP contribution in [0.15, 0.2) is 36.5 Å². The van der Waals surface area contributed by atoms with E-state index in [1.165, 1.54) is 18.4 Å². The molecule has 1 N–H and O–H groups in total. The standard InChI is InChI=1S/C22H39N/c1-9-10-13-16-21(5,6)18(4)20(17(2)3)23-22(7,8)19-14-11-12-15-19/h9-11,14,17,19-20,23H,4,12-13,15-16H2,1-3,5-8H3/b10-9-. The summed E-state index contributed by atoms with van der Waals surface area (Å²) in [5.41, 5.74) is 1.62.